The average molecular weight is 212 g/mol. The molecule has 1 nitrogen and oxygen atoms in total. The van der Waals surface area contributed by atoms with Gasteiger partial charge in [-0.25, -0.2) is 8.78 Å². The van der Waals surface area contributed by atoms with Gasteiger partial charge in [0.15, 0.2) is 0 Å². The molecule has 1 aliphatic rings. The first-order valence-electron chi connectivity index (χ1n) is 4.80. The summed E-state index contributed by atoms with van der Waals surface area (Å²) in [6.45, 7) is 1.99. The summed E-state index contributed by atoms with van der Waals surface area (Å²) in [6.07, 6.45) is 2.05. The van der Waals surface area contributed by atoms with E-state index < -0.39 is 5.92 Å². The lowest BCUT2D eigenvalue weighted by Gasteiger charge is -2.31. The van der Waals surface area contributed by atoms with Gasteiger partial charge in [0.2, 0.25) is 0 Å². The van der Waals surface area contributed by atoms with Gasteiger partial charge in [-0.1, -0.05) is 0 Å². The van der Waals surface area contributed by atoms with Gasteiger partial charge >= 0.3 is 0 Å². The third kappa shape index (κ3) is 4.23. The molecule has 78 valence electrons. The Morgan fingerprint density at radius 3 is 2.31 bits per heavy atom. The van der Waals surface area contributed by atoms with E-state index in [0.717, 1.165) is 19.4 Å². The van der Waals surface area contributed by atoms with Gasteiger partial charge in [-0.2, -0.15) is 0 Å². The zero-order chi connectivity index (χ0) is 9.73. The molecule has 1 rings (SSSR count). The number of piperidine rings is 1. The summed E-state index contributed by atoms with van der Waals surface area (Å²) in [5.41, 5.74) is 0. The molecular weight excluding hydrogens is 196 g/mol. The molecule has 0 N–H and O–H groups in total. The number of likely N-dealkylation sites (tertiary alicyclic amines) is 1. The van der Waals surface area contributed by atoms with Crippen LogP contribution in [-0.4, -0.2) is 36.3 Å². The third-order valence-corrected chi connectivity index (χ3v) is 2.71. The standard InChI is InChI=1S/C9H16ClF2N/c10-5-1-2-6-13-7-3-9(11,12)4-8-13/h1-8H2. The molecule has 0 aromatic heterocycles. The molecule has 1 fully saturated rings. The second kappa shape index (κ2) is 5.11. The van der Waals surface area contributed by atoms with Crippen LogP contribution in [0.4, 0.5) is 8.78 Å². The summed E-state index contributed by atoms with van der Waals surface area (Å²) in [4.78, 5) is 2.10. The minimum atomic E-state index is -2.41. The Labute approximate surface area is 83.0 Å². The van der Waals surface area contributed by atoms with E-state index in [1.54, 1.807) is 0 Å². The van der Waals surface area contributed by atoms with E-state index in [-0.39, 0.29) is 12.8 Å². The molecular formula is C9H16ClF2N. The van der Waals surface area contributed by atoms with Crippen molar-refractivity contribution in [3.8, 4) is 0 Å². The number of nitrogens with zero attached hydrogens (tertiary/aromatic N) is 1. The zero-order valence-electron chi connectivity index (χ0n) is 7.74. The monoisotopic (exact) mass is 211 g/mol. The van der Waals surface area contributed by atoms with Gasteiger partial charge < -0.3 is 4.90 Å². The van der Waals surface area contributed by atoms with Crippen molar-refractivity contribution < 1.29 is 8.78 Å². The van der Waals surface area contributed by atoms with Crippen LogP contribution in [0.25, 0.3) is 0 Å². The molecule has 1 heterocycles. The molecule has 0 atom stereocenters. The van der Waals surface area contributed by atoms with E-state index in [2.05, 4.69) is 4.90 Å². The highest BCUT2D eigenvalue weighted by Gasteiger charge is 2.33. The Hall–Kier alpha value is 0.110. The number of unbranched alkanes of at least 4 members (excludes halogenated alkanes) is 1. The van der Waals surface area contributed by atoms with Crippen molar-refractivity contribution in [1.82, 2.24) is 4.90 Å². The van der Waals surface area contributed by atoms with E-state index >= 15 is 0 Å². The molecule has 0 aromatic carbocycles. The van der Waals surface area contributed by atoms with Gasteiger partial charge in [-0.05, 0) is 19.4 Å². The van der Waals surface area contributed by atoms with Gasteiger partial charge in [0.1, 0.15) is 0 Å². The molecule has 0 aliphatic carbocycles. The average Bonchev–Trinajstić information content (AvgIpc) is 2.08. The Kier molecular flexibility index (Phi) is 4.39. The fourth-order valence-corrected chi connectivity index (χ4v) is 1.72. The maximum atomic E-state index is 12.7. The molecule has 4 heteroatoms. The molecule has 13 heavy (non-hydrogen) atoms. The molecule has 0 amide bonds. The van der Waals surface area contributed by atoms with Crippen molar-refractivity contribution >= 4 is 11.6 Å². The number of halogens is 3. The smallest absolute Gasteiger partial charge is 0.250 e. The van der Waals surface area contributed by atoms with Crippen LogP contribution in [0.3, 0.4) is 0 Å². The summed E-state index contributed by atoms with van der Waals surface area (Å²) in [7, 11) is 0. The van der Waals surface area contributed by atoms with Crippen molar-refractivity contribution in [2.45, 2.75) is 31.6 Å². The molecule has 0 aromatic rings. The Morgan fingerprint density at radius 2 is 1.77 bits per heavy atom. The maximum absolute atomic E-state index is 12.7. The van der Waals surface area contributed by atoms with Crippen molar-refractivity contribution in [2.24, 2.45) is 0 Å². The minimum Gasteiger partial charge on any atom is -0.303 e. The Balaban J connectivity index is 2.11. The summed E-state index contributed by atoms with van der Waals surface area (Å²) in [5.74, 6) is -1.74. The third-order valence-electron chi connectivity index (χ3n) is 2.45. The maximum Gasteiger partial charge on any atom is 0.250 e. The summed E-state index contributed by atoms with van der Waals surface area (Å²) < 4.78 is 25.4. The van der Waals surface area contributed by atoms with E-state index in [0.29, 0.717) is 19.0 Å². The zero-order valence-corrected chi connectivity index (χ0v) is 8.49. The molecule has 0 bridgehead atoms. The van der Waals surface area contributed by atoms with Crippen molar-refractivity contribution in [3.63, 3.8) is 0 Å². The van der Waals surface area contributed by atoms with E-state index in [1.807, 2.05) is 0 Å². The summed E-state index contributed by atoms with van der Waals surface area (Å²) in [6, 6.07) is 0. The number of alkyl halides is 3. The van der Waals surface area contributed by atoms with Crippen LogP contribution >= 0.6 is 11.6 Å². The van der Waals surface area contributed by atoms with E-state index in [1.165, 1.54) is 0 Å². The van der Waals surface area contributed by atoms with E-state index in [9.17, 15) is 8.78 Å². The number of hydrogen-bond donors (Lipinski definition) is 0. The van der Waals surface area contributed by atoms with Crippen LogP contribution in [0.5, 0.6) is 0 Å². The van der Waals surface area contributed by atoms with Gasteiger partial charge in [0, 0.05) is 31.8 Å². The highest BCUT2D eigenvalue weighted by Crippen LogP contribution is 2.27. The first-order chi connectivity index (χ1) is 6.14. The quantitative estimate of drug-likeness (QED) is 0.511. The molecule has 1 saturated heterocycles. The largest absolute Gasteiger partial charge is 0.303 e. The second-order valence-corrected chi connectivity index (χ2v) is 3.97. The lowest BCUT2D eigenvalue weighted by Crippen LogP contribution is -2.39. The number of rotatable bonds is 4. The molecule has 0 saturated carbocycles. The topological polar surface area (TPSA) is 3.24 Å². The number of hydrogen-bond acceptors (Lipinski definition) is 1. The Morgan fingerprint density at radius 1 is 1.15 bits per heavy atom. The van der Waals surface area contributed by atoms with Crippen LogP contribution in [0.1, 0.15) is 25.7 Å². The van der Waals surface area contributed by atoms with Gasteiger partial charge in [-0.15, -0.1) is 11.6 Å². The van der Waals surface area contributed by atoms with Crippen LogP contribution in [0.2, 0.25) is 0 Å². The van der Waals surface area contributed by atoms with Gasteiger partial charge in [0.05, 0.1) is 0 Å². The van der Waals surface area contributed by atoms with Crippen molar-refractivity contribution in [2.75, 3.05) is 25.5 Å². The highest BCUT2D eigenvalue weighted by atomic mass is 35.5. The van der Waals surface area contributed by atoms with Crippen LogP contribution in [-0.2, 0) is 0 Å². The van der Waals surface area contributed by atoms with Crippen molar-refractivity contribution in [3.05, 3.63) is 0 Å². The van der Waals surface area contributed by atoms with Crippen LogP contribution in [0.15, 0.2) is 0 Å². The molecule has 0 unspecified atom stereocenters. The van der Waals surface area contributed by atoms with E-state index in [4.69, 9.17) is 11.6 Å². The highest BCUT2D eigenvalue weighted by molar-refractivity contribution is 6.17. The van der Waals surface area contributed by atoms with Gasteiger partial charge in [0.25, 0.3) is 5.92 Å². The van der Waals surface area contributed by atoms with Crippen molar-refractivity contribution in [1.29, 1.82) is 0 Å². The Bertz CT molecular complexity index is 143. The van der Waals surface area contributed by atoms with Crippen LogP contribution in [0, 0.1) is 0 Å². The van der Waals surface area contributed by atoms with Crippen LogP contribution < -0.4 is 0 Å². The summed E-state index contributed by atoms with van der Waals surface area (Å²) >= 11 is 5.53. The lowest BCUT2D eigenvalue weighted by atomic mass is 10.1. The second-order valence-electron chi connectivity index (χ2n) is 3.59. The predicted molar refractivity (Wildman–Crippen MR) is 50.6 cm³/mol. The fraction of sp³-hybridized carbons (Fsp3) is 1.00. The first-order valence-corrected chi connectivity index (χ1v) is 5.34. The van der Waals surface area contributed by atoms with Gasteiger partial charge in [-0.3, -0.25) is 0 Å². The molecule has 0 radical (unpaired) electrons. The molecule has 0 spiro atoms. The first kappa shape index (κ1) is 11.2. The normalized spacial score (nSPS) is 23.3. The fourth-order valence-electron chi connectivity index (χ4n) is 1.53. The predicted octanol–water partition coefficient (Wildman–Crippen LogP) is 2.74. The minimum absolute atomic E-state index is 0.0217. The summed E-state index contributed by atoms with van der Waals surface area (Å²) in [5, 5.41) is 0. The lowest BCUT2D eigenvalue weighted by molar-refractivity contribution is -0.0551. The SMILES string of the molecule is FC1(F)CCN(CCCCCl)CC1. The molecule has 1 aliphatic heterocycles.